The van der Waals surface area contributed by atoms with Crippen LogP contribution in [-0.2, 0) is 19.6 Å². The molecule has 0 saturated carbocycles. The van der Waals surface area contributed by atoms with Gasteiger partial charge in [0.05, 0.1) is 13.1 Å². The summed E-state index contributed by atoms with van der Waals surface area (Å²) in [6.45, 7) is 9.16. The minimum absolute atomic E-state index is 0.605. The topological polar surface area (TPSA) is 67.1 Å². The third-order valence-corrected chi connectivity index (χ3v) is 3.30. The molecule has 1 aromatic heterocycles. The minimum atomic E-state index is 0.605. The number of benzene rings is 1. The van der Waals surface area contributed by atoms with Gasteiger partial charge in [-0.15, -0.1) is 10.2 Å². The molecule has 118 valence electrons. The number of nitrogens with one attached hydrogen (secondary N) is 2. The van der Waals surface area contributed by atoms with Gasteiger partial charge in [0.15, 0.2) is 11.8 Å². The number of hydrogen-bond acceptors (Lipinski definition) is 3. The highest BCUT2D eigenvalue weighted by atomic mass is 15.3. The fraction of sp³-hybridized carbons (Fsp3) is 0.438. The standard InChI is InChI=1S/C16H24N6/c1-4-17-16(18-10-14-8-6-7-13(3)9-14)19-11-15-21-20-12-22(15)5-2/h6-9,12H,4-5,10-11H2,1-3H3,(H2,17,18,19). The fourth-order valence-electron chi connectivity index (χ4n) is 2.17. The van der Waals surface area contributed by atoms with Crippen molar-refractivity contribution in [1.82, 2.24) is 25.4 Å². The van der Waals surface area contributed by atoms with Crippen molar-refractivity contribution in [1.29, 1.82) is 0 Å². The average molecular weight is 300 g/mol. The maximum Gasteiger partial charge on any atom is 0.191 e. The average Bonchev–Trinajstić information content (AvgIpc) is 2.97. The molecular weight excluding hydrogens is 276 g/mol. The Morgan fingerprint density at radius 3 is 2.86 bits per heavy atom. The van der Waals surface area contributed by atoms with Gasteiger partial charge in [-0.3, -0.25) is 0 Å². The van der Waals surface area contributed by atoms with E-state index < -0.39 is 0 Å². The van der Waals surface area contributed by atoms with Gasteiger partial charge in [0.25, 0.3) is 0 Å². The largest absolute Gasteiger partial charge is 0.357 e. The van der Waals surface area contributed by atoms with Crippen molar-refractivity contribution in [2.24, 2.45) is 4.99 Å². The summed E-state index contributed by atoms with van der Waals surface area (Å²) in [5.41, 5.74) is 2.45. The summed E-state index contributed by atoms with van der Waals surface area (Å²) in [6.07, 6.45) is 1.74. The molecular formula is C16H24N6. The summed E-state index contributed by atoms with van der Waals surface area (Å²) >= 11 is 0. The lowest BCUT2D eigenvalue weighted by Gasteiger charge is -2.11. The van der Waals surface area contributed by atoms with Gasteiger partial charge in [-0.05, 0) is 26.3 Å². The van der Waals surface area contributed by atoms with Crippen molar-refractivity contribution in [2.45, 2.75) is 40.4 Å². The summed E-state index contributed by atoms with van der Waals surface area (Å²) in [6, 6.07) is 8.40. The molecule has 0 aliphatic heterocycles. The van der Waals surface area contributed by atoms with Gasteiger partial charge in [0, 0.05) is 13.1 Å². The molecule has 0 amide bonds. The van der Waals surface area contributed by atoms with Crippen LogP contribution in [0.1, 0.15) is 30.8 Å². The lowest BCUT2D eigenvalue weighted by Crippen LogP contribution is -2.37. The first kappa shape index (κ1) is 16.0. The molecule has 0 aliphatic carbocycles. The van der Waals surface area contributed by atoms with E-state index in [2.05, 4.69) is 70.9 Å². The summed E-state index contributed by atoms with van der Waals surface area (Å²) in [7, 11) is 0. The van der Waals surface area contributed by atoms with Crippen LogP contribution in [0.3, 0.4) is 0 Å². The first-order valence-corrected chi connectivity index (χ1v) is 7.67. The molecule has 6 nitrogen and oxygen atoms in total. The SMILES string of the molecule is CCNC(=NCc1cccc(C)c1)NCc1nncn1CC. The Balaban J connectivity index is 1.98. The zero-order chi connectivity index (χ0) is 15.8. The Kier molecular flexibility index (Phi) is 5.94. The first-order valence-electron chi connectivity index (χ1n) is 7.67. The Bertz CT molecular complexity index is 617. The number of nitrogens with zero attached hydrogens (tertiary/aromatic N) is 4. The Morgan fingerprint density at radius 1 is 1.27 bits per heavy atom. The van der Waals surface area contributed by atoms with E-state index in [1.54, 1.807) is 6.33 Å². The summed E-state index contributed by atoms with van der Waals surface area (Å²) in [5, 5.41) is 14.6. The summed E-state index contributed by atoms with van der Waals surface area (Å²) in [4.78, 5) is 4.62. The van der Waals surface area contributed by atoms with Crippen LogP contribution in [0.4, 0.5) is 0 Å². The van der Waals surface area contributed by atoms with Crippen LogP contribution in [-0.4, -0.2) is 27.3 Å². The van der Waals surface area contributed by atoms with E-state index in [0.29, 0.717) is 13.1 Å². The van der Waals surface area contributed by atoms with Crippen molar-refractivity contribution in [3.05, 3.63) is 47.5 Å². The number of aryl methyl sites for hydroxylation is 2. The van der Waals surface area contributed by atoms with Gasteiger partial charge in [-0.2, -0.15) is 0 Å². The lowest BCUT2D eigenvalue weighted by molar-refractivity contribution is 0.670. The Hall–Kier alpha value is -2.37. The Morgan fingerprint density at radius 2 is 2.14 bits per heavy atom. The highest BCUT2D eigenvalue weighted by Crippen LogP contribution is 2.05. The van der Waals surface area contributed by atoms with Gasteiger partial charge in [0.1, 0.15) is 6.33 Å². The van der Waals surface area contributed by atoms with E-state index in [9.17, 15) is 0 Å². The monoisotopic (exact) mass is 300 g/mol. The van der Waals surface area contributed by atoms with Crippen LogP contribution in [0.2, 0.25) is 0 Å². The molecule has 2 rings (SSSR count). The van der Waals surface area contributed by atoms with Crippen LogP contribution in [0, 0.1) is 6.92 Å². The molecule has 1 aromatic carbocycles. The van der Waals surface area contributed by atoms with Crippen LogP contribution >= 0.6 is 0 Å². The fourth-order valence-corrected chi connectivity index (χ4v) is 2.17. The first-order chi connectivity index (χ1) is 10.7. The number of rotatable bonds is 6. The number of hydrogen-bond donors (Lipinski definition) is 2. The molecule has 0 spiro atoms. The number of guanidine groups is 1. The van der Waals surface area contributed by atoms with Crippen LogP contribution in [0.15, 0.2) is 35.6 Å². The normalized spacial score (nSPS) is 11.5. The molecule has 22 heavy (non-hydrogen) atoms. The van der Waals surface area contributed by atoms with E-state index >= 15 is 0 Å². The quantitative estimate of drug-likeness (QED) is 0.631. The molecule has 0 aliphatic rings. The van der Waals surface area contributed by atoms with E-state index in [0.717, 1.165) is 24.9 Å². The highest BCUT2D eigenvalue weighted by molar-refractivity contribution is 5.79. The maximum atomic E-state index is 4.62. The molecule has 0 radical (unpaired) electrons. The van der Waals surface area contributed by atoms with Gasteiger partial charge < -0.3 is 15.2 Å². The lowest BCUT2D eigenvalue weighted by atomic mass is 10.1. The van der Waals surface area contributed by atoms with Gasteiger partial charge in [0.2, 0.25) is 0 Å². The van der Waals surface area contributed by atoms with Crippen molar-refractivity contribution in [2.75, 3.05) is 6.54 Å². The van der Waals surface area contributed by atoms with Gasteiger partial charge >= 0.3 is 0 Å². The molecule has 0 unspecified atom stereocenters. The predicted molar refractivity (Wildman–Crippen MR) is 88.5 cm³/mol. The van der Waals surface area contributed by atoms with E-state index in [1.807, 2.05) is 4.57 Å². The summed E-state index contributed by atoms with van der Waals surface area (Å²) in [5.74, 6) is 1.69. The molecule has 0 atom stereocenters. The third kappa shape index (κ3) is 4.58. The molecule has 2 N–H and O–H groups in total. The van der Waals surface area contributed by atoms with Crippen LogP contribution < -0.4 is 10.6 Å². The molecule has 0 fully saturated rings. The Labute approximate surface area is 131 Å². The van der Waals surface area contributed by atoms with Crippen LogP contribution in [0.25, 0.3) is 0 Å². The third-order valence-electron chi connectivity index (χ3n) is 3.30. The van der Waals surface area contributed by atoms with Crippen molar-refractivity contribution >= 4 is 5.96 Å². The maximum absolute atomic E-state index is 4.62. The van der Waals surface area contributed by atoms with Crippen molar-refractivity contribution in [3.8, 4) is 0 Å². The zero-order valence-electron chi connectivity index (χ0n) is 13.5. The number of aromatic nitrogens is 3. The molecule has 0 saturated heterocycles. The molecule has 0 bridgehead atoms. The minimum Gasteiger partial charge on any atom is -0.357 e. The molecule has 1 heterocycles. The van der Waals surface area contributed by atoms with Crippen LogP contribution in [0.5, 0.6) is 0 Å². The second kappa shape index (κ2) is 8.17. The molecule has 2 aromatic rings. The van der Waals surface area contributed by atoms with E-state index in [4.69, 9.17) is 0 Å². The van der Waals surface area contributed by atoms with E-state index in [-0.39, 0.29) is 0 Å². The zero-order valence-corrected chi connectivity index (χ0v) is 13.5. The second-order valence-electron chi connectivity index (χ2n) is 5.07. The second-order valence-corrected chi connectivity index (χ2v) is 5.07. The highest BCUT2D eigenvalue weighted by Gasteiger charge is 2.04. The smallest absolute Gasteiger partial charge is 0.191 e. The van der Waals surface area contributed by atoms with Gasteiger partial charge in [-0.25, -0.2) is 4.99 Å². The van der Waals surface area contributed by atoms with Gasteiger partial charge in [-0.1, -0.05) is 29.8 Å². The van der Waals surface area contributed by atoms with Crippen molar-refractivity contribution < 1.29 is 0 Å². The van der Waals surface area contributed by atoms with E-state index in [1.165, 1.54) is 11.1 Å². The predicted octanol–water partition coefficient (Wildman–Crippen LogP) is 1.86. The number of aliphatic imine (C=N–C) groups is 1. The summed E-state index contributed by atoms with van der Waals surface area (Å²) < 4.78 is 2.01. The molecule has 6 heteroatoms. The van der Waals surface area contributed by atoms with Crippen molar-refractivity contribution in [3.63, 3.8) is 0 Å².